The molecule has 2 aromatic carbocycles. The predicted octanol–water partition coefficient (Wildman–Crippen LogP) is 1.67. The Labute approximate surface area is 169 Å². The van der Waals surface area contributed by atoms with Crippen molar-refractivity contribution in [2.45, 2.75) is 6.42 Å². The molecule has 0 aliphatic rings. The molecule has 4 rings (SSSR count). The van der Waals surface area contributed by atoms with Gasteiger partial charge in [-0.3, -0.25) is 9.59 Å². The number of fused-ring (bicyclic) bond motifs is 1. The summed E-state index contributed by atoms with van der Waals surface area (Å²) in [5.41, 5.74) is 1.13. The normalized spacial score (nSPS) is 11.7. The van der Waals surface area contributed by atoms with Crippen LogP contribution in [0.1, 0.15) is 16.8 Å². The number of rotatable bonds is 5. The first-order valence-electron chi connectivity index (χ1n) is 8.79. The summed E-state index contributed by atoms with van der Waals surface area (Å²) in [4.78, 5) is 29.5. The molecule has 4 aromatic rings. The number of aromatic nitrogens is 3. The van der Waals surface area contributed by atoms with E-state index in [-0.39, 0.29) is 22.6 Å². The van der Waals surface area contributed by atoms with Gasteiger partial charge in [0.1, 0.15) is 5.69 Å². The van der Waals surface area contributed by atoms with E-state index in [1.165, 1.54) is 4.52 Å². The SMILES string of the molecule is COc1ccc(Cc2nn3c(=O)/c(=C/c4ccccc4)sc3nc2=O)cc1OC. The van der Waals surface area contributed by atoms with E-state index in [4.69, 9.17) is 9.47 Å². The van der Waals surface area contributed by atoms with Crippen LogP contribution in [0.3, 0.4) is 0 Å². The zero-order valence-electron chi connectivity index (χ0n) is 15.8. The molecular weight excluding hydrogens is 390 g/mol. The van der Waals surface area contributed by atoms with E-state index in [1.54, 1.807) is 32.4 Å². The second-order valence-corrected chi connectivity index (χ2v) is 7.26. The fourth-order valence-electron chi connectivity index (χ4n) is 2.94. The van der Waals surface area contributed by atoms with Crippen molar-refractivity contribution in [2.75, 3.05) is 14.2 Å². The quantitative estimate of drug-likeness (QED) is 0.501. The highest BCUT2D eigenvalue weighted by atomic mass is 32.1. The highest BCUT2D eigenvalue weighted by Crippen LogP contribution is 2.28. The minimum Gasteiger partial charge on any atom is -0.493 e. The Morgan fingerprint density at radius 2 is 1.79 bits per heavy atom. The average molecular weight is 407 g/mol. The largest absolute Gasteiger partial charge is 0.493 e. The maximum absolute atomic E-state index is 12.7. The second-order valence-electron chi connectivity index (χ2n) is 6.25. The summed E-state index contributed by atoms with van der Waals surface area (Å²) in [5, 5.41) is 4.28. The Bertz CT molecular complexity index is 1350. The van der Waals surface area contributed by atoms with Crippen molar-refractivity contribution in [3.63, 3.8) is 0 Å². The molecule has 0 atom stereocenters. The van der Waals surface area contributed by atoms with E-state index >= 15 is 0 Å². The molecule has 0 unspecified atom stereocenters. The molecule has 0 fully saturated rings. The molecule has 146 valence electrons. The molecule has 8 heteroatoms. The first-order valence-corrected chi connectivity index (χ1v) is 9.61. The third-order valence-electron chi connectivity index (χ3n) is 4.37. The molecule has 29 heavy (non-hydrogen) atoms. The molecule has 7 nitrogen and oxygen atoms in total. The number of methoxy groups -OCH3 is 2. The second kappa shape index (κ2) is 7.84. The highest BCUT2D eigenvalue weighted by Gasteiger charge is 2.13. The third kappa shape index (κ3) is 3.74. The Hall–Kier alpha value is -3.52. The first-order chi connectivity index (χ1) is 14.1. The molecule has 0 aliphatic heterocycles. The smallest absolute Gasteiger partial charge is 0.296 e. The van der Waals surface area contributed by atoms with E-state index in [9.17, 15) is 9.59 Å². The molecular formula is C21H17N3O4S. The molecule has 0 N–H and O–H groups in total. The molecule has 2 aromatic heterocycles. The van der Waals surface area contributed by atoms with Crippen LogP contribution in [0.15, 0.2) is 58.1 Å². The molecule has 0 radical (unpaired) electrons. The lowest BCUT2D eigenvalue weighted by molar-refractivity contribution is 0.354. The summed E-state index contributed by atoms with van der Waals surface area (Å²) >= 11 is 1.14. The van der Waals surface area contributed by atoms with Crippen molar-refractivity contribution in [3.8, 4) is 11.5 Å². The third-order valence-corrected chi connectivity index (χ3v) is 5.33. The van der Waals surface area contributed by atoms with Gasteiger partial charge in [0, 0.05) is 6.42 Å². The monoisotopic (exact) mass is 407 g/mol. The Balaban J connectivity index is 1.76. The first kappa shape index (κ1) is 18.8. The van der Waals surface area contributed by atoms with Crippen LogP contribution in [0.25, 0.3) is 11.0 Å². The van der Waals surface area contributed by atoms with Crippen LogP contribution in [0.4, 0.5) is 0 Å². The van der Waals surface area contributed by atoms with Crippen LogP contribution < -0.4 is 25.1 Å². The Kier molecular flexibility index (Phi) is 5.09. The minimum atomic E-state index is -0.452. The van der Waals surface area contributed by atoms with Gasteiger partial charge in [-0.05, 0) is 29.3 Å². The fraction of sp³-hybridized carbons (Fsp3) is 0.143. The van der Waals surface area contributed by atoms with Crippen molar-refractivity contribution in [3.05, 3.63) is 90.6 Å². The number of thiazole rings is 1. The molecule has 0 amide bonds. The molecule has 2 heterocycles. The van der Waals surface area contributed by atoms with Gasteiger partial charge in [-0.25, -0.2) is 0 Å². The standard InChI is InChI=1S/C21H17N3O4S/c1-27-16-9-8-14(11-17(16)28-2)10-15-19(25)22-21-24(23-15)20(26)18(29-21)12-13-6-4-3-5-7-13/h3-9,11-12H,10H2,1-2H3/b18-12-. The fourth-order valence-corrected chi connectivity index (χ4v) is 3.84. The van der Waals surface area contributed by atoms with Crippen LogP contribution in [0.5, 0.6) is 11.5 Å². The number of hydrogen-bond acceptors (Lipinski definition) is 7. The Morgan fingerprint density at radius 1 is 1.03 bits per heavy atom. The number of ether oxygens (including phenoxy) is 2. The summed E-state index contributed by atoms with van der Waals surface area (Å²) in [6.45, 7) is 0. The lowest BCUT2D eigenvalue weighted by atomic mass is 10.1. The number of benzene rings is 2. The van der Waals surface area contributed by atoms with Gasteiger partial charge in [0.15, 0.2) is 11.5 Å². The summed E-state index contributed by atoms with van der Waals surface area (Å²) in [6, 6.07) is 14.8. The lowest BCUT2D eigenvalue weighted by Gasteiger charge is -2.09. The molecule has 0 spiro atoms. The lowest BCUT2D eigenvalue weighted by Crippen LogP contribution is -2.28. The van der Waals surface area contributed by atoms with Crippen molar-refractivity contribution in [1.29, 1.82) is 0 Å². The van der Waals surface area contributed by atoms with E-state index in [0.29, 0.717) is 16.0 Å². The van der Waals surface area contributed by atoms with E-state index < -0.39 is 5.56 Å². The van der Waals surface area contributed by atoms with Gasteiger partial charge >= 0.3 is 0 Å². The summed E-state index contributed by atoms with van der Waals surface area (Å²) in [5.74, 6) is 1.15. The number of nitrogens with zero attached hydrogens (tertiary/aromatic N) is 3. The Morgan fingerprint density at radius 3 is 2.52 bits per heavy atom. The summed E-state index contributed by atoms with van der Waals surface area (Å²) in [6.07, 6.45) is 1.99. The zero-order valence-corrected chi connectivity index (χ0v) is 16.6. The molecule has 0 saturated heterocycles. The molecule has 0 bridgehead atoms. The van der Waals surface area contributed by atoms with Gasteiger partial charge in [0.25, 0.3) is 11.1 Å². The predicted molar refractivity (Wildman–Crippen MR) is 111 cm³/mol. The number of hydrogen-bond donors (Lipinski definition) is 0. The molecule has 0 saturated carbocycles. The van der Waals surface area contributed by atoms with Crippen LogP contribution in [-0.2, 0) is 6.42 Å². The summed E-state index contributed by atoms with van der Waals surface area (Å²) < 4.78 is 12.2. The van der Waals surface area contributed by atoms with E-state index in [0.717, 1.165) is 22.5 Å². The van der Waals surface area contributed by atoms with Gasteiger partial charge in [-0.1, -0.05) is 47.7 Å². The molecule has 0 aliphatic carbocycles. The van der Waals surface area contributed by atoms with Crippen LogP contribution in [-0.4, -0.2) is 28.8 Å². The van der Waals surface area contributed by atoms with Gasteiger partial charge in [0.2, 0.25) is 4.96 Å². The summed E-state index contributed by atoms with van der Waals surface area (Å²) in [7, 11) is 3.10. The van der Waals surface area contributed by atoms with Gasteiger partial charge in [0.05, 0.1) is 18.8 Å². The van der Waals surface area contributed by atoms with Gasteiger partial charge in [-0.2, -0.15) is 14.6 Å². The highest BCUT2D eigenvalue weighted by molar-refractivity contribution is 7.15. The average Bonchev–Trinajstić information content (AvgIpc) is 3.03. The van der Waals surface area contributed by atoms with Crippen LogP contribution in [0, 0.1) is 0 Å². The van der Waals surface area contributed by atoms with Crippen molar-refractivity contribution in [2.24, 2.45) is 0 Å². The van der Waals surface area contributed by atoms with Crippen LogP contribution >= 0.6 is 11.3 Å². The van der Waals surface area contributed by atoms with Gasteiger partial charge in [-0.15, -0.1) is 0 Å². The minimum absolute atomic E-state index is 0.191. The topological polar surface area (TPSA) is 82.8 Å². The van der Waals surface area contributed by atoms with Crippen molar-refractivity contribution < 1.29 is 9.47 Å². The van der Waals surface area contributed by atoms with Gasteiger partial charge < -0.3 is 9.47 Å². The van der Waals surface area contributed by atoms with Crippen molar-refractivity contribution >= 4 is 22.4 Å². The van der Waals surface area contributed by atoms with E-state index in [2.05, 4.69) is 10.1 Å². The maximum atomic E-state index is 12.7. The van der Waals surface area contributed by atoms with Crippen LogP contribution in [0.2, 0.25) is 0 Å². The van der Waals surface area contributed by atoms with Crippen molar-refractivity contribution in [1.82, 2.24) is 14.6 Å². The van der Waals surface area contributed by atoms with E-state index in [1.807, 2.05) is 36.4 Å². The zero-order chi connectivity index (χ0) is 20.4. The maximum Gasteiger partial charge on any atom is 0.296 e.